The van der Waals surface area contributed by atoms with Crippen molar-refractivity contribution in [1.29, 1.82) is 0 Å². The number of sulfonamides is 1. The van der Waals surface area contributed by atoms with Gasteiger partial charge in [0, 0.05) is 26.6 Å². The third kappa shape index (κ3) is 8.91. The molecule has 3 N–H and O–H groups in total. The molecular formula is C18H22F17N2NaO8S2. The van der Waals surface area contributed by atoms with Gasteiger partial charge in [0.15, 0.2) is 0 Å². The number of hydrogen-bond acceptors (Lipinski definition) is 8. The summed E-state index contributed by atoms with van der Waals surface area (Å²) < 4.78 is 286. The van der Waals surface area contributed by atoms with Crippen molar-refractivity contribution in [3.05, 3.63) is 6.73 Å². The number of likely N-dealkylation sites (N-methyl/N-ethyl adjacent to an activating group) is 1. The van der Waals surface area contributed by atoms with Gasteiger partial charge in [-0.2, -0.15) is 78.9 Å². The zero-order valence-corrected chi connectivity index (χ0v) is 27.3. The molecule has 0 aliphatic heterocycles. The molecule has 284 valence electrons. The average Bonchev–Trinajstić information content (AvgIpc) is 2.85. The van der Waals surface area contributed by atoms with Gasteiger partial charge < -0.3 is 24.4 Å². The summed E-state index contributed by atoms with van der Waals surface area (Å²) in [6, 6.07) is 0. The summed E-state index contributed by atoms with van der Waals surface area (Å²) >= 11 is 0. The predicted octanol–water partition coefficient (Wildman–Crippen LogP) is -0.184. The van der Waals surface area contributed by atoms with E-state index in [1.165, 1.54) is 0 Å². The Kier molecular flexibility index (Phi) is 15.7. The van der Waals surface area contributed by atoms with E-state index in [4.69, 9.17) is 5.11 Å². The van der Waals surface area contributed by atoms with Crippen molar-refractivity contribution >= 4 is 20.1 Å². The Hall–Kier alpha value is -0.530. The molecule has 0 rings (SSSR count). The van der Waals surface area contributed by atoms with Crippen molar-refractivity contribution in [2.45, 2.75) is 59.5 Å². The number of alkyl halides is 17. The SMILES string of the molecule is C[N+]([CH-]O)(CCO)CCCN(CC(O)CS(=O)(=O)[O-])S(=O)(=O)C(F)(F)C(F)(F)C(F)(F)C(F)(F)C(F)(F)C(F)(F)C(F)(F)C(F)(F)F.[Na+]. The van der Waals surface area contributed by atoms with Crippen LogP contribution in [0, 0.1) is 6.73 Å². The maximum atomic E-state index is 14.7. The molecule has 0 heterocycles. The van der Waals surface area contributed by atoms with E-state index in [-0.39, 0.29) is 36.3 Å². The van der Waals surface area contributed by atoms with Crippen LogP contribution in [0.25, 0.3) is 0 Å². The van der Waals surface area contributed by atoms with Gasteiger partial charge in [0.25, 0.3) is 10.0 Å². The van der Waals surface area contributed by atoms with Gasteiger partial charge in [0.05, 0.1) is 41.7 Å². The van der Waals surface area contributed by atoms with Gasteiger partial charge in [-0.05, 0) is 6.73 Å². The number of halogens is 17. The number of rotatable bonds is 19. The first-order chi connectivity index (χ1) is 20.3. The second kappa shape index (κ2) is 15.2. The van der Waals surface area contributed by atoms with Crippen LogP contribution in [-0.2, 0) is 20.1 Å². The van der Waals surface area contributed by atoms with Crippen LogP contribution >= 0.6 is 0 Å². The molecule has 0 fully saturated rings. The normalized spacial score (nSPS) is 17.2. The molecule has 2 unspecified atom stereocenters. The van der Waals surface area contributed by atoms with Crippen molar-refractivity contribution in [1.82, 2.24) is 4.31 Å². The Morgan fingerprint density at radius 1 is 0.729 bits per heavy atom. The molecule has 2 atom stereocenters. The molecule has 0 amide bonds. The first kappa shape index (κ1) is 49.6. The minimum absolute atomic E-state index is 0. The third-order valence-electron chi connectivity index (χ3n) is 6.13. The van der Waals surface area contributed by atoms with Gasteiger partial charge in [-0.15, -0.1) is 0 Å². The monoisotopic (exact) mass is 804 g/mol. The van der Waals surface area contributed by atoms with E-state index >= 15 is 0 Å². The van der Waals surface area contributed by atoms with Crippen LogP contribution in [0.4, 0.5) is 74.6 Å². The Morgan fingerprint density at radius 2 is 1.10 bits per heavy atom. The Labute approximate surface area is 281 Å². The summed E-state index contributed by atoms with van der Waals surface area (Å²) in [5.41, 5.74) is 0. The first-order valence-electron chi connectivity index (χ1n) is 11.6. The first-order valence-corrected chi connectivity index (χ1v) is 14.6. The van der Waals surface area contributed by atoms with E-state index in [0.29, 0.717) is 0 Å². The van der Waals surface area contributed by atoms with Crippen LogP contribution in [0.1, 0.15) is 6.42 Å². The zero-order valence-electron chi connectivity index (χ0n) is 23.6. The standard InChI is InChI=1S/C18H23F17N2O8S2.Na/c1-37(9-39,5-6-38)4-2-3-36(7-10(40)8-46(41,42)43)47(44,45)18(34,35)16(29,30)14(25,26)12(21,22)11(19,20)13(23,24)15(27,28)17(31,32)33;/h9-10,38-40H,2-8H2,1H3,(H,41,42,43);/q;+1/p-1. The van der Waals surface area contributed by atoms with Crippen LogP contribution in [0.3, 0.4) is 0 Å². The molecule has 0 spiro atoms. The van der Waals surface area contributed by atoms with Crippen molar-refractivity contribution < 1.29 is 145 Å². The molecule has 0 aromatic carbocycles. The summed E-state index contributed by atoms with van der Waals surface area (Å²) in [6.45, 7) is -5.97. The van der Waals surface area contributed by atoms with E-state index in [1.807, 2.05) is 0 Å². The van der Waals surface area contributed by atoms with Gasteiger partial charge in [0.2, 0.25) is 0 Å². The Morgan fingerprint density at radius 3 is 1.44 bits per heavy atom. The number of hydrogen-bond donors (Lipinski definition) is 3. The van der Waals surface area contributed by atoms with Crippen LogP contribution < -0.4 is 29.6 Å². The molecule has 0 aromatic heterocycles. The third-order valence-corrected chi connectivity index (χ3v) is 8.84. The topological polar surface area (TPSA) is 155 Å². The number of nitrogens with zero attached hydrogens (tertiary/aromatic N) is 2. The smallest absolute Gasteiger partial charge is 0.748 e. The van der Waals surface area contributed by atoms with Crippen LogP contribution in [0.15, 0.2) is 0 Å². The summed E-state index contributed by atoms with van der Waals surface area (Å²) in [5.74, 6) is -55.2. The van der Waals surface area contributed by atoms with Crippen molar-refractivity contribution in [3.8, 4) is 0 Å². The van der Waals surface area contributed by atoms with E-state index in [0.717, 1.165) is 7.05 Å². The van der Waals surface area contributed by atoms with Crippen molar-refractivity contribution in [2.24, 2.45) is 0 Å². The number of aliphatic hydroxyl groups excluding tert-OH is 3. The minimum Gasteiger partial charge on any atom is -0.748 e. The molecular weight excluding hydrogens is 782 g/mol. The second-order valence-electron chi connectivity index (χ2n) is 9.82. The van der Waals surface area contributed by atoms with Gasteiger partial charge in [-0.1, -0.05) is 0 Å². The fourth-order valence-corrected chi connectivity index (χ4v) is 5.46. The molecule has 0 bridgehead atoms. The van der Waals surface area contributed by atoms with E-state index < -0.39 is 127 Å². The molecule has 0 aromatic rings. The summed E-state index contributed by atoms with van der Waals surface area (Å²) in [5, 5.41) is 19.7. The number of aliphatic hydroxyl groups is 3. The Bertz CT molecular complexity index is 1300. The molecule has 0 aliphatic rings. The second-order valence-corrected chi connectivity index (χ2v) is 13.2. The summed E-state index contributed by atoms with van der Waals surface area (Å²) in [6.07, 6.45) is -12.1. The van der Waals surface area contributed by atoms with E-state index in [1.54, 1.807) is 0 Å². The van der Waals surface area contributed by atoms with Crippen LogP contribution in [0.2, 0.25) is 0 Å². The fourth-order valence-electron chi connectivity index (χ4n) is 3.37. The van der Waals surface area contributed by atoms with Crippen molar-refractivity contribution in [2.75, 3.05) is 45.6 Å². The maximum Gasteiger partial charge on any atom is 1.00 e. The predicted molar refractivity (Wildman–Crippen MR) is 116 cm³/mol. The van der Waals surface area contributed by atoms with E-state index in [2.05, 4.69) is 0 Å². The quantitative estimate of drug-likeness (QED) is 0.0535. The molecule has 0 radical (unpaired) electrons. The fraction of sp³-hybridized carbons (Fsp3) is 0.944. The summed E-state index contributed by atoms with van der Waals surface area (Å²) in [7, 11) is -12.6. The molecule has 30 heteroatoms. The largest absolute Gasteiger partial charge is 1.00 e. The maximum absolute atomic E-state index is 14.7. The van der Waals surface area contributed by atoms with Gasteiger partial charge in [0.1, 0.15) is 0 Å². The molecule has 0 saturated heterocycles. The molecule has 0 saturated carbocycles. The summed E-state index contributed by atoms with van der Waals surface area (Å²) in [4.78, 5) is 0. The van der Waals surface area contributed by atoms with Crippen LogP contribution in [-0.4, -0.2) is 144 Å². The molecule has 48 heavy (non-hydrogen) atoms. The van der Waals surface area contributed by atoms with Gasteiger partial charge in [-0.3, -0.25) is 0 Å². The van der Waals surface area contributed by atoms with E-state index in [9.17, 15) is 106 Å². The van der Waals surface area contributed by atoms with Crippen molar-refractivity contribution in [3.63, 3.8) is 0 Å². The average molecular weight is 804 g/mol. The van der Waals surface area contributed by atoms with Gasteiger partial charge in [-0.25, -0.2) is 16.8 Å². The molecule has 0 aliphatic carbocycles. The number of quaternary nitrogens is 1. The Balaban J connectivity index is 0. The van der Waals surface area contributed by atoms with Crippen LogP contribution in [0.5, 0.6) is 0 Å². The zero-order chi connectivity index (χ0) is 38.3. The van der Waals surface area contributed by atoms with Gasteiger partial charge >= 0.3 is 76.5 Å². The molecule has 10 nitrogen and oxygen atoms in total. The minimum atomic E-state index is -9.08.